The van der Waals surface area contributed by atoms with Crippen molar-refractivity contribution >= 4 is 11.9 Å². The van der Waals surface area contributed by atoms with Crippen LogP contribution in [0.25, 0.3) is 0 Å². The molecule has 2 fully saturated rings. The van der Waals surface area contributed by atoms with Gasteiger partial charge in [-0.2, -0.15) is 15.3 Å². The number of benzene rings is 1. The number of hydrogen-bond acceptors (Lipinski definition) is 4. The van der Waals surface area contributed by atoms with Crippen LogP contribution in [-0.2, 0) is 13.5 Å². The Labute approximate surface area is 166 Å². The second-order valence-electron chi connectivity index (χ2n) is 9.03. The zero-order valence-electron chi connectivity index (χ0n) is 16.7. The molecular weight excluding hydrogens is 348 g/mol. The maximum Gasteiger partial charge on any atom is 0.115 e. The summed E-state index contributed by atoms with van der Waals surface area (Å²) in [5, 5.41) is 23.1. The lowest BCUT2D eigenvalue weighted by Crippen LogP contribution is -2.42. The molecule has 4 atom stereocenters. The number of rotatable bonds is 2. The Hall–Kier alpha value is -2.43. The summed E-state index contributed by atoms with van der Waals surface area (Å²) in [5.41, 5.74) is 5.30. The van der Waals surface area contributed by atoms with Gasteiger partial charge in [-0.15, -0.1) is 0 Å². The number of aromatic nitrogens is 2. The molecular formula is C23H28N4O. The van der Waals surface area contributed by atoms with E-state index in [1.807, 2.05) is 37.8 Å². The molecule has 3 aliphatic carbocycles. The Morgan fingerprint density at radius 3 is 2.96 bits per heavy atom. The van der Waals surface area contributed by atoms with Gasteiger partial charge in [0.15, 0.2) is 0 Å². The van der Waals surface area contributed by atoms with Crippen LogP contribution in [0.15, 0.2) is 40.8 Å². The summed E-state index contributed by atoms with van der Waals surface area (Å²) in [6, 6.07) is 6.02. The standard InChI is InChI=1S/C23H28N4O/c1-23-10-9-19-18-6-4-17(28)11-16(18)3-5-20(19)21(23)7-8-22(23)26-24-12-15-13-25-27(2)14-15/h4,6,11-14,19-21,28H,3,5,7-10H2,1-2H3/b24-12-,26-22-/t19-,20-,21-,23-/m0/s1. The number of nitrogens with zero attached hydrogens (tertiary/aromatic N) is 4. The number of aryl methyl sites for hydroxylation is 2. The Balaban J connectivity index is 1.39. The Kier molecular flexibility index (Phi) is 4.14. The zero-order valence-corrected chi connectivity index (χ0v) is 16.7. The fourth-order valence-electron chi connectivity index (χ4n) is 6.19. The summed E-state index contributed by atoms with van der Waals surface area (Å²) in [7, 11) is 1.91. The molecule has 0 saturated heterocycles. The lowest BCUT2D eigenvalue weighted by Gasteiger charge is -2.49. The van der Waals surface area contributed by atoms with Crippen molar-refractivity contribution in [2.24, 2.45) is 34.5 Å². The van der Waals surface area contributed by atoms with Gasteiger partial charge in [0.1, 0.15) is 5.75 Å². The van der Waals surface area contributed by atoms with Crippen molar-refractivity contribution < 1.29 is 5.11 Å². The summed E-state index contributed by atoms with van der Waals surface area (Å²) in [5.74, 6) is 2.46. The normalized spacial score (nSPS) is 33.1. The topological polar surface area (TPSA) is 62.8 Å². The average Bonchev–Trinajstić information content (AvgIpc) is 3.24. The molecule has 0 unspecified atom stereocenters. The van der Waals surface area contributed by atoms with Crippen molar-refractivity contribution in [2.45, 2.75) is 51.4 Å². The SMILES string of the molecule is Cn1cc(/C=N\N=C2\CC[C@H]3[C@H]4CCc5cc(O)ccc5[C@@H]4CC[C@]23C)cn1. The second-order valence-corrected chi connectivity index (χ2v) is 9.03. The van der Waals surface area contributed by atoms with Gasteiger partial charge in [-0.3, -0.25) is 4.68 Å². The van der Waals surface area contributed by atoms with E-state index in [4.69, 9.17) is 5.10 Å². The number of phenols is 1. The third kappa shape index (κ3) is 2.79. The molecule has 2 saturated carbocycles. The van der Waals surface area contributed by atoms with E-state index in [1.165, 1.54) is 42.5 Å². The fraction of sp³-hybridized carbons (Fsp3) is 0.522. The van der Waals surface area contributed by atoms with Crippen molar-refractivity contribution in [1.29, 1.82) is 0 Å². The van der Waals surface area contributed by atoms with Crippen LogP contribution in [0.3, 0.4) is 0 Å². The smallest absolute Gasteiger partial charge is 0.115 e. The van der Waals surface area contributed by atoms with Crippen LogP contribution in [0.4, 0.5) is 0 Å². The first kappa shape index (κ1) is 17.7. The maximum atomic E-state index is 9.84. The predicted octanol–water partition coefficient (Wildman–Crippen LogP) is 4.46. The molecule has 0 spiro atoms. The third-order valence-corrected chi connectivity index (χ3v) is 7.56. The summed E-state index contributed by atoms with van der Waals surface area (Å²) in [4.78, 5) is 0. The molecule has 1 heterocycles. The van der Waals surface area contributed by atoms with E-state index in [1.54, 1.807) is 4.68 Å². The number of phenolic OH excluding ortho intramolecular Hbond substituents is 1. The highest BCUT2D eigenvalue weighted by Gasteiger charge is 2.53. The van der Waals surface area contributed by atoms with Crippen LogP contribution in [-0.4, -0.2) is 26.8 Å². The van der Waals surface area contributed by atoms with Crippen LogP contribution in [0.5, 0.6) is 5.75 Å². The van der Waals surface area contributed by atoms with Gasteiger partial charge in [-0.05, 0) is 79.5 Å². The third-order valence-electron chi connectivity index (χ3n) is 7.56. The molecule has 2 aromatic rings. The van der Waals surface area contributed by atoms with Gasteiger partial charge in [-0.1, -0.05) is 13.0 Å². The molecule has 0 bridgehead atoms. The lowest BCUT2D eigenvalue weighted by molar-refractivity contribution is 0.0955. The van der Waals surface area contributed by atoms with Gasteiger partial charge < -0.3 is 5.11 Å². The molecule has 28 heavy (non-hydrogen) atoms. The Morgan fingerprint density at radius 2 is 2.14 bits per heavy atom. The molecule has 146 valence electrons. The summed E-state index contributed by atoms with van der Waals surface area (Å²) in [6.45, 7) is 2.42. The van der Waals surface area contributed by atoms with Gasteiger partial charge >= 0.3 is 0 Å². The summed E-state index contributed by atoms with van der Waals surface area (Å²) >= 11 is 0. The van der Waals surface area contributed by atoms with Gasteiger partial charge in [-0.25, -0.2) is 0 Å². The minimum atomic E-state index is 0.182. The highest BCUT2D eigenvalue weighted by atomic mass is 16.3. The minimum Gasteiger partial charge on any atom is -0.508 e. The van der Waals surface area contributed by atoms with Gasteiger partial charge in [0.05, 0.1) is 12.4 Å². The van der Waals surface area contributed by atoms with Gasteiger partial charge in [0.25, 0.3) is 0 Å². The number of hydrogen-bond donors (Lipinski definition) is 1. The van der Waals surface area contributed by atoms with Crippen LogP contribution < -0.4 is 0 Å². The molecule has 0 aliphatic heterocycles. The predicted molar refractivity (Wildman–Crippen MR) is 111 cm³/mol. The second kappa shape index (κ2) is 6.57. The summed E-state index contributed by atoms with van der Waals surface area (Å²) < 4.78 is 1.78. The van der Waals surface area contributed by atoms with Crippen molar-refractivity contribution in [3.05, 3.63) is 47.3 Å². The van der Waals surface area contributed by atoms with Gasteiger partial charge in [0, 0.05) is 29.9 Å². The van der Waals surface area contributed by atoms with E-state index in [9.17, 15) is 5.11 Å². The zero-order chi connectivity index (χ0) is 19.3. The van der Waals surface area contributed by atoms with E-state index in [0.717, 1.165) is 24.3 Å². The maximum absolute atomic E-state index is 9.84. The van der Waals surface area contributed by atoms with Crippen LogP contribution in [0.2, 0.25) is 0 Å². The van der Waals surface area contributed by atoms with Crippen molar-refractivity contribution in [3.8, 4) is 5.75 Å². The highest BCUT2D eigenvalue weighted by Crippen LogP contribution is 2.60. The molecule has 5 nitrogen and oxygen atoms in total. The van der Waals surface area contributed by atoms with Crippen molar-refractivity contribution in [2.75, 3.05) is 0 Å². The molecule has 5 heteroatoms. The Morgan fingerprint density at radius 1 is 1.25 bits per heavy atom. The number of aromatic hydroxyl groups is 1. The lowest BCUT2D eigenvalue weighted by atomic mass is 9.55. The first-order valence-corrected chi connectivity index (χ1v) is 10.5. The molecule has 5 rings (SSSR count). The van der Waals surface area contributed by atoms with Gasteiger partial charge in [0.2, 0.25) is 0 Å². The number of fused-ring (bicyclic) bond motifs is 5. The van der Waals surface area contributed by atoms with Crippen molar-refractivity contribution in [1.82, 2.24) is 9.78 Å². The molecule has 1 N–H and O–H groups in total. The minimum absolute atomic E-state index is 0.182. The van der Waals surface area contributed by atoms with E-state index < -0.39 is 0 Å². The molecule has 3 aliphatic rings. The largest absolute Gasteiger partial charge is 0.508 e. The average molecular weight is 377 g/mol. The quantitative estimate of drug-likeness (QED) is 0.621. The Bertz CT molecular complexity index is 959. The first-order chi connectivity index (χ1) is 13.5. The molecule has 1 aromatic heterocycles. The highest BCUT2D eigenvalue weighted by molar-refractivity contribution is 5.93. The van der Waals surface area contributed by atoms with Crippen LogP contribution in [0.1, 0.15) is 61.6 Å². The molecule has 0 radical (unpaired) electrons. The van der Waals surface area contributed by atoms with Crippen molar-refractivity contribution in [3.63, 3.8) is 0 Å². The van der Waals surface area contributed by atoms with Crippen LogP contribution in [0, 0.1) is 17.3 Å². The van der Waals surface area contributed by atoms with Crippen LogP contribution >= 0.6 is 0 Å². The fourth-order valence-corrected chi connectivity index (χ4v) is 6.19. The molecule has 0 amide bonds. The molecule has 1 aromatic carbocycles. The van der Waals surface area contributed by atoms with E-state index in [2.05, 4.69) is 23.2 Å². The monoisotopic (exact) mass is 376 g/mol. The van der Waals surface area contributed by atoms with E-state index >= 15 is 0 Å². The van der Waals surface area contributed by atoms with E-state index in [-0.39, 0.29) is 5.41 Å². The summed E-state index contributed by atoms with van der Waals surface area (Å²) in [6.07, 6.45) is 12.6. The first-order valence-electron chi connectivity index (χ1n) is 10.5. The van der Waals surface area contributed by atoms with E-state index in [0.29, 0.717) is 17.6 Å².